The number of benzene rings is 2. The molecule has 6 heteroatoms. The number of sulfonamides is 1. The topological polar surface area (TPSA) is 59.0 Å². The lowest BCUT2D eigenvalue weighted by atomic mass is 10.3. The van der Waals surface area contributed by atoms with Gasteiger partial charge in [-0.05, 0) is 43.3 Å². The highest BCUT2D eigenvalue weighted by molar-refractivity contribution is 7.93. The summed E-state index contributed by atoms with van der Waals surface area (Å²) in [5.74, 6) is 0.702. The van der Waals surface area contributed by atoms with Crippen molar-refractivity contribution in [3.63, 3.8) is 0 Å². The summed E-state index contributed by atoms with van der Waals surface area (Å²) in [6.07, 6.45) is 1.33. The normalized spacial score (nSPS) is 15.6. The summed E-state index contributed by atoms with van der Waals surface area (Å²) in [7, 11) is -3.62. The molecule has 2 aromatic carbocycles. The van der Waals surface area contributed by atoms with Gasteiger partial charge in [-0.1, -0.05) is 12.1 Å². The summed E-state index contributed by atoms with van der Waals surface area (Å²) in [6.45, 7) is 2.46. The van der Waals surface area contributed by atoms with Crippen molar-refractivity contribution in [1.29, 1.82) is 0 Å². The fourth-order valence-electron chi connectivity index (χ4n) is 2.13. The first-order valence-corrected chi connectivity index (χ1v) is 7.97. The molecule has 3 rings (SSSR count). The maximum absolute atomic E-state index is 12.6. The van der Waals surface area contributed by atoms with Crippen LogP contribution in [0, 0.1) is 0 Å². The molecule has 0 amide bonds. The molecular formula is C15H14N2O3S. The largest absolute Gasteiger partial charge is 0.494 e. The van der Waals surface area contributed by atoms with Gasteiger partial charge in [-0.2, -0.15) is 0 Å². The number of hydrogen-bond donors (Lipinski definition) is 0. The average Bonchev–Trinajstić information content (AvgIpc) is 2.49. The Labute approximate surface area is 123 Å². The minimum Gasteiger partial charge on any atom is -0.494 e. The molecule has 0 aliphatic carbocycles. The highest BCUT2D eigenvalue weighted by atomic mass is 32.2. The monoisotopic (exact) mass is 302 g/mol. The number of ether oxygens (including phenoxy) is 1. The van der Waals surface area contributed by atoms with Crippen molar-refractivity contribution in [2.75, 3.05) is 10.9 Å². The standard InChI is InChI=1S/C15H14N2O3S/c1-2-20-13-9-7-12(8-10-13)17-11-16-14-5-3-4-6-15(14)21(17,18)19/h3-11H,2H2,1H3. The van der Waals surface area contributed by atoms with Gasteiger partial charge in [0.05, 0.1) is 18.0 Å². The molecule has 0 spiro atoms. The van der Waals surface area contributed by atoms with Crippen molar-refractivity contribution in [3.05, 3.63) is 48.5 Å². The number of anilines is 1. The molecule has 1 heterocycles. The van der Waals surface area contributed by atoms with Crippen LogP contribution in [-0.4, -0.2) is 21.4 Å². The number of aliphatic imine (C=N–C) groups is 1. The van der Waals surface area contributed by atoms with Crippen LogP contribution in [0.15, 0.2) is 58.4 Å². The van der Waals surface area contributed by atoms with Crippen LogP contribution < -0.4 is 9.04 Å². The first-order valence-electron chi connectivity index (χ1n) is 6.53. The van der Waals surface area contributed by atoms with Crippen molar-refractivity contribution in [2.45, 2.75) is 11.8 Å². The Morgan fingerprint density at radius 3 is 2.52 bits per heavy atom. The molecular weight excluding hydrogens is 288 g/mol. The van der Waals surface area contributed by atoms with Crippen molar-refractivity contribution >= 4 is 27.7 Å². The number of para-hydroxylation sites is 1. The van der Waals surface area contributed by atoms with E-state index in [-0.39, 0.29) is 4.90 Å². The van der Waals surface area contributed by atoms with E-state index in [0.29, 0.717) is 23.7 Å². The third-order valence-electron chi connectivity index (χ3n) is 3.11. The molecule has 0 radical (unpaired) electrons. The van der Waals surface area contributed by atoms with Gasteiger partial charge in [-0.15, -0.1) is 0 Å². The van der Waals surface area contributed by atoms with E-state index in [1.807, 2.05) is 6.92 Å². The summed E-state index contributed by atoms with van der Waals surface area (Å²) < 4.78 is 31.8. The van der Waals surface area contributed by atoms with Crippen LogP contribution in [0.3, 0.4) is 0 Å². The molecule has 2 aromatic rings. The van der Waals surface area contributed by atoms with Gasteiger partial charge in [0.15, 0.2) is 0 Å². The zero-order chi connectivity index (χ0) is 14.9. The lowest BCUT2D eigenvalue weighted by Crippen LogP contribution is -2.31. The average molecular weight is 302 g/mol. The Morgan fingerprint density at radius 2 is 1.81 bits per heavy atom. The minimum absolute atomic E-state index is 0.210. The lowest BCUT2D eigenvalue weighted by molar-refractivity contribution is 0.340. The molecule has 0 atom stereocenters. The van der Waals surface area contributed by atoms with Crippen molar-refractivity contribution in [3.8, 4) is 5.75 Å². The van der Waals surface area contributed by atoms with Crippen LogP contribution in [0.4, 0.5) is 11.4 Å². The molecule has 0 aromatic heterocycles. The summed E-state index contributed by atoms with van der Waals surface area (Å²) in [6, 6.07) is 13.6. The Kier molecular flexibility index (Phi) is 3.39. The zero-order valence-corrected chi connectivity index (χ0v) is 12.2. The van der Waals surface area contributed by atoms with Gasteiger partial charge in [0.25, 0.3) is 10.0 Å². The predicted molar refractivity (Wildman–Crippen MR) is 81.9 cm³/mol. The second kappa shape index (κ2) is 5.21. The molecule has 5 nitrogen and oxygen atoms in total. The Morgan fingerprint density at radius 1 is 1.10 bits per heavy atom. The number of hydrogen-bond acceptors (Lipinski definition) is 4. The highest BCUT2D eigenvalue weighted by Crippen LogP contribution is 2.33. The Balaban J connectivity index is 2.01. The van der Waals surface area contributed by atoms with Crippen molar-refractivity contribution < 1.29 is 13.2 Å². The minimum atomic E-state index is -3.62. The van der Waals surface area contributed by atoms with E-state index < -0.39 is 10.0 Å². The van der Waals surface area contributed by atoms with E-state index in [1.165, 1.54) is 10.6 Å². The SMILES string of the molecule is CCOc1ccc(N2C=Nc3ccccc3S2(=O)=O)cc1. The van der Waals surface area contributed by atoms with Crippen molar-refractivity contribution in [2.24, 2.45) is 4.99 Å². The van der Waals surface area contributed by atoms with Crippen LogP contribution in [-0.2, 0) is 10.0 Å². The van der Waals surface area contributed by atoms with E-state index in [4.69, 9.17) is 4.74 Å². The van der Waals surface area contributed by atoms with E-state index in [1.54, 1.807) is 48.5 Å². The maximum atomic E-state index is 12.6. The molecule has 1 aliphatic heterocycles. The van der Waals surface area contributed by atoms with E-state index in [9.17, 15) is 8.42 Å². The second-order valence-corrected chi connectivity index (χ2v) is 6.22. The van der Waals surface area contributed by atoms with Gasteiger partial charge in [0, 0.05) is 0 Å². The van der Waals surface area contributed by atoms with Gasteiger partial charge in [0.1, 0.15) is 17.0 Å². The predicted octanol–water partition coefficient (Wildman–Crippen LogP) is 2.95. The highest BCUT2D eigenvalue weighted by Gasteiger charge is 2.29. The van der Waals surface area contributed by atoms with Gasteiger partial charge in [-0.25, -0.2) is 17.7 Å². The molecule has 21 heavy (non-hydrogen) atoms. The van der Waals surface area contributed by atoms with Crippen molar-refractivity contribution in [1.82, 2.24) is 0 Å². The van der Waals surface area contributed by atoms with Crippen LogP contribution >= 0.6 is 0 Å². The molecule has 0 saturated carbocycles. The smallest absolute Gasteiger partial charge is 0.271 e. The maximum Gasteiger partial charge on any atom is 0.271 e. The molecule has 0 bridgehead atoms. The summed E-state index contributed by atoms with van der Waals surface area (Å²) in [5.41, 5.74) is 0.983. The molecule has 0 saturated heterocycles. The lowest BCUT2D eigenvalue weighted by Gasteiger charge is -2.24. The Hall–Kier alpha value is -2.34. The number of nitrogens with zero attached hydrogens (tertiary/aromatic N) is 2. The quantitative estimate of drug-likeness (QED) is 0.876. The van der Waals surface area contributed by atoms with Gasteiger partial charge in [0.2, 0.25) is 0 Å². The first-order chi connectivity index (χ1) is 10.1. The fraction of sp³-hybridized carbons (Fsp3) is 0.133. The van der Waals surface area contributed by atoms with E-state index in [0.717, 1.165) is 0 Å². The third-order valence-corrected chi connectivity index (χ3v) is 4.83. The summed E-state index contributed by atoms with van der Waals surface area (Å²) in [4.78, 5) is 4.41. The summed E-state index contributed by atoms with van der Waals surface area (Å²) >= 11 is 0. The van der Waals surface area contributed by atoms with E-state index >= 15 is 0 Å². The Bertz CT molecular complexity index is 783. The van der Waals surface area contributed by atoms with Gasteiger partial charge in [-0.3, -0.25) is 0 Å². The summed E-state index contributed by atoms with van der Waals surface area (Å²) in [5, 5.41) is 0. The zero-order valence-electron chi connectivity index (χ0n) is 11.4. The van der Waals surface area contributed by atoms with E-state index in [2.05, 4.69) is 4.99 Å². The first kappa shape index (κ1) is 13.6. The fourth-order valence-corrected chi connectivity index (χ4v) is 3.54. The number of rotatable bonds is 3. The third kappa shape index (κ3) is 2.38. The van der Waals surface area contributed by atoms with Gasteiger partial charge < -0.3 is 4.74 Å². The van der Waals surface area contributed by atoms with Crippen LogP contribution in [0.2, 0.25) is 0 Å². The van der Waals surface area contributed by atoms with Gasteiger partial charge >= 0.3 is 0 Å². The van der Waals surface area contributed by atoms with Crippen LogP contribution in [0.25, 0.3) is 0 Å². The molecule has 0 unspecified atom stereocenters. The van der Waals surface area contributed by atoms with Crippen LogP contribution in [0.5, 0.6) is 5.75 Å². The molecule has 0 fully saturated rings. The second-order valence-electron chi connectivity index (χ2n) is 4.44. The molecule has 108 valence electrons. The molecule has 1 aliphatic rings. The molecule has 0 N–H and O–H groups in total. The number of fused-ring (bicyclic) bond motifs is 1. The van der Waals surface area contributed by atoms with Crippen LogP contribution in [0.1, 0.15) is 6.92 Å².